The van der Waals surface area contributed by atoms with Gasteiger partial charge >= 0.3 is 0 Å². The van der Waals surface area contributed by atoms with Gasteiger partial charge in [0.15, 0.2) is 0 Å². The van der Waals surface area contributed by atoms with Crippen molar-refractivity contribution in [1.82, 2.24) is 9.88 Å². The maximum absolute atomic E-state index is 11.8. The zero-order chi connectivity index (χ0) is 13.9. The predicted octanol–water partition coefficient (Wildman–Crippen LogP) is 2.76. The largest absolute Gasteiger partial charge is 0.356 e. The monoisotopic (exact) mass is 273 g/mol. The molecule has 0 saturated carbocycles. The summed E-state index contributed by atoms with van der Waals surface area (Å²) in [7, 11) is 0. The highest BCUT2D eigenvalue weighted by Crippen LogP contribution is 2.36. The lowest BCUT2D eigenvalue weighted by molar-refractivity contribution is -0.129. The minimum atomic E-state index is 0.181. The summed E-state index contributed by atoms with van der Waals surface area (Å²) in [5, 5.41) is 0. The molecule has 0 aliphatic carbocycles. The smallest absolute Gasteiger partial charge is 0.219 e. The molecule has 2 fully saturated rings. The van der Waals surface area contributed by atoms with Crippen molar-refractivity contribution in [3.63, 3.8) is 0 Å². The molecule has 0 unspecified atom stereocenters. The lowest BCUT2D eigenvalue weighted by atomic mass is 10.0. The summed E-state index contributed by atoms with van der Waals surface area (Å²) in [6.07, 6.45) is 7.85. The number of nitrogens with zero attached hydrogens (tertiary/aromatic N) is 3. The van der Waals surface area contributed by atoms with E-state index >= 15 is 0 Å². The van der Waals surface area contributed by atoms with Gasteiger partial charge in [0.1, 0.15) is 5.82 Å². The van der Waals surface area contributed by atoms with Crippen LogP contribution in [0.4, 0.5) is 5.82 Å². The van der Waals surface area contributed by atoms with E-state index < -0.39 is 0 Å². The Labute approximate surface area is 120 Å². The SMILES string of the molecule is CC(=O)N1CCC[C@@H]1c1cccnc1N1CCCCC1. The Hall–Kier alpha value is -1.58. The Bertz CT molecular complexity index is 482. The fourth-order valence-corrected chi connectivity index (χ4v) is 3.51. The number of amides is 1. The number of hydrogen-bond acceptors (Lipinski definition) is 3. The van der Waals surface area contributed by atoms with Crippen LogP contribution in [0.15, 0.2) is 18.3 Å². The van der Waals surface area contributed by atoms with Crippen molar-refractivity contribution >= 4 is 11.7 Å². The summed E-state index contributed by atoms with van der Waals surface area (Å²) in [4.78, 5) is 20.8. The molecule has 2 aliphatic rings. The molecule has 0 bridgehead atoms. The third-order valence-corrected chi connectivity index (χ3v) is 4.49. The van der Waals surface area contributed by atoms with Gasteiger partial charge in [-0.2, -0.15) is 0 Å². The Morgan fingerprint density at radius 3 is 2.75 bits per heavy atom. The lowest BCUT2D eigenvalue weighted by Crippen LogP contribution is -2.33. The molecule has 0 radical (unpaired) electrons. The van der Waals surface area contributed by atoms with Crippen molar-refractivity contribution in [1.29, 1.82) is 0 Å². The van der Waals surface area contributed by atoms with Crippen LogP contribution >= 0.6 is 0 Å². The minimum absolute atomic E-state index is 0.181. The Balaban J connectivity index is 1.90. The van der Waals surface area contributed by atoms with Crippen molar-refractivity contribution in [2.45, 2.75) is 45.1 Å². The molecule has 0 spiro atoms. The maximum Gasteiger partial charge on any atom is 0.219 e. The van der Waals surface area contributed by atoms with Crippen molar-refractivity contribution in [3.8, 4) is 0 Å². The maximum atomic E-state index is 11.8. The van der Waals surface area contributed by atoms with Crippen LogP contribution < -0.4 is 4.90 Å². The molecule has 4 heteroatoms. The van der Waals surface area contributed by atoms with E-state index in [1.807, 2.05) is 17.2 Å². The zero-order valence-electron chi connectivity index (χ0n) is 12.2. The number of aromatic nitrogens is 1. The third kappa shape index (κ3) is 2.51. The van der Waals surface area contributed by atoms with E-state index in [9.17, 15) is 4.79 Å². The first-order chi connectivity index (χ1) is 9.77. The molecular weight excluding hydrogens is 250 g/mol. The molecule has 3 heterocycles. The van der Waals surface area contributed by atoms with Gasteiger partial charge in [-0.05, 0) is 38.2 Å². The quantitative estimate of drug-likeness (QED) is 0.831. The Kier molecular flexibility index (Phi) is 3.90. The minimum Gasteiger partial charge on any atom is -0.356 e. The fourth-order valence-electron chi connectivity index (χ4n) is 3.51. The summed E-state index contributed by atoms with van der Waals surface area (Å²) >= 11 is 0. The standard InChI is InChI=1S/C16H23N3O/c1-13(20)19-12-6-8-15(19)14-7-5-9-17-16(14)18-10-3-2-4-11-18/h5,7,9,15H,2-4,6,8,10-12H2,1H3/t15-/m1/s1. The predicted molar refractivity (Wildman–Crippen MR) is 79.7 cm³/mol. The summed E-state index contributed by atoms with van der Waals surface area (Å²) in [5.41, 5.74) is 1.24. The van der Waals surface area contributed by atoms with Gasteiger partial charge in [0, 0.05) is 38.3 Å². The van der Waals surface area contributed by atoms with Crippen LogP contribution in [0.1, 0.15) is 50.6 Å². The Morgan fingerprint density at radius 2 is 2.00 bits per heavy atom. The van der Waals surface area contributed by atoms with Gasteiger partial charge in [0.25, 0.3) is 0 Å². The molecule has 2 saturated heterocycles. The number of hydrogen-bond donors (Lipinski definition) is 0. The van der Waals surface area contributed by atoms with E-state index in [1.165, 1.54) is 24.8 Å². The number of carbonyl (C=O) groups excluding carboxylic acids is 1. The summed E-state index contributed by atoms with van der Waals surface area (Å²) in [6.45, 7) is 4.75. The van der Waals surface area contributed by atoms with E-state index in [4.69, 9.17) is 0 Å². The van der Waals surface area contributed by atoms with Crippen molar-refractivity contribution in [2.24, 2.45) is 0 Å². The van der Waals surface area contributed by atoms with E-state index in [2.05, 4.69) is 16.0 Å². The first-order valence-electron chi connectivity index (χ1n) is 7.74. The van der Waals surface area contributed by atoms with Crippen LogP contribution in [-0.2, 0) is 4.79 Å². The fraction of sp³-hybridized carbons (Fsp3) is 0.625. The summed E-state index contributed by atoms with van der Waals surface area (Å²) < 4.78 is 0. The highest BCUT2D eigenvalue weighted by Gasteiger charge is 2.31. The second-order valence-electron chi connectivity index (χ2n) is 5.83. The highest BCUT2D eigenvalue weighted by molar-refractivity contribution is 5.74. The van der Waals surface area contributed by atoms with Crippen LogP contribution in [0.2, 0.25) is 0 Å². The number of anilines is 1. The van der Waals surface area contributed by atoms with Crippen LogP contribution in [0.25, 0.3) is 0 Å². The molecule has 108 valence electrons. The topological polar surface area (TPSA) is 36.4 Å². The Morgan fingerprint density at radius 1 is 1.20 bits per heavy atom. The van der Waals surface area contributed by atoms with Crippen molar-refractivity contribution < 1.29 is 4.79 Å². The van der Waals surface area contributed by atoms with Gasteiger partial charge in [0.05, 0.1) is 6.04 Å². The van der Waals surface area contributed by atoms with Crippen LogP contribution in [-0.4, -0.2) is 35.4 Å². The molecule has 20 heavy (non-hydrogen) atoms. The molecule has 1 amide bonds. The second-order valence-corrected chi connectivity index (χ2v) is 5.83. The molecule has 1 aromatic rings. The molecule has 0 N–H and O–H groups in total. The van der Waals surface area contributed by atoms with Gasteiger partial charge in [-0.15, -0.1) is 0 Å². The number of piperidine rings is 1. The third-order valence-electron chi connectivity index (χ3n) is 4.49. The van der Waals surface area contributed by atoms with Gasteiger partial charge in [-0.25, -0.2) is 4.98 Å². The van der Waals surface area contributed by atoms with E-state index in [-0.39, 0.29) is 11.9 Å². The van der Waals surface area contributed by atoms with Crippen LogP contribution in [0.5, 0.6) is 0 Å². The summed E-state index contributed by atoms with van der Waals surface area (Å²) in [6, 6.07) is 4.38. The van der Waals surface area contributed by atoms with Crippen molar-refractivity contribution in [2.75, 3.05) is 24.5 Å². The van der Waals surface area contributed by atoms with Crippen LogP contribution in [0, 0.1) is 0 Å². The van der Waals surface area contributed by atoms with Gasteiger partial charge < -0.3 is 9.80 Å². The van der Waals surface area contributed by atoms with Gasteiger partial charge in [-0.1, -0.05) is 6.07 Å². The molecular formula is C16H23N3O. The highest BCUT2D eigenvalue weighted by atomic mass is 16.2. The average Bonchev–Trinajstić information content (AvgIpc) is 2.98. The molecule has 1 atom stereocenters. The molecule has 4 nitrogen and oxygen atoms in total. The molecule has 0 aromatic carbocycles. The van der Waals surface area contributed by atoms with E-state index in [0.29, 0.717) is 0 Å². The normalized spacial score (nSPS) is 23.1. The van der Waals surface area contributed by atoms with E-state index in [1.54, 1.807) is 6.92 Å². The molecule has 3 rings (SSSR count). The number of pyridine rings is 1. The van der Waals surface area contributed by atoms with Gasteiger partial charge in [0.2, 0.25) is 5.91 Å². The lowest BCUT2D eigenvalue weighted by Gasteiger charge is -2.32. The number of likely N-dealkylation sites (tertiary alicyclic amines) is 1. The summed E-state index contributed by atoms with van der Waals surface area (Å²) in [5.74, 6) is 1.28. The second kappa shape index (κ2) is 5.81. The molecule has 1 aromatic heterocycles. The van der Waals surface area contributed by atoms with Crippen LogP contribution in [0.3, 0.4) is 0 Å². The first-order valence-corrected chi connectivity index (χ1v) is 7.74. The molecule has 2 aliphatic heterocycles. The van der Waals surface area contributed by atoms with E-state index in [0.717, 1.165) is 38.3 Å². The average molecular weight is 273 g/mol. The number of rotatable bonds is 2. The number of carbonyl (C=O) groups is 1. The van der Waals surface area contributed by atoms with Crippen molar-refractivity contribution in [3.05, 3.63) is 23.9 Å². The van der Waals surface area contributed by atoms with Gasteiger partial charge in [-0.3, -0.25) is 4.79 Å². The zero-order valence-corrected chi connectivity index (χ0v) is 12.2. The first kappa shape index (κ1) is 13.4.